The number of nitrogens with one attached hydrogen (secondary N) is 1. The minimum atomic E-state index is -0.859. The van der Waals surface area contributed by atoms with Crippen LogP contribution < -0.4 is 5.32 Å². The first kappa shape index (κ1) is 16.6. The number of rotatable bonds is 3. The zero-order chi connectivity index (χ0) is 16.5. The second kappa shape index (κ2) is 6.16. The molecule has 22 heavy (non-hydrogen) atoms. The summed E-state index contributed by atoms with van der Waals surface area (Å²) >= 11 is 5.86. The lowest BCUT2D eigenvalue weighted by Crippen LogP contribution is -2.54. The number of alkyl carbamates (subject to hydrolysis) is 1. The van der Waals surface area contributed by atoms with Crippen molar-refractivity contribution < 1.29 is 19.4 Å². The van der Waals surface area contributed by atoms with Crippen molar-refractivity contribution in [1.82, 2.24) is 5.32 Å². The zero-order valence-corrected chi connectivity index (χ0v) is 13.6. The Morgan fingerprint density at radius 3 is 2.36 bits per heavy atom. The normalized spacial score (nSPS) is 24.3. The molecule has 0 bridgehead atoms. The van der Waals surface area contributed by atoms with Crippen LogP contribution in [0, 0.1) is 5.92 Å². The maximum atomic E-state index is 11.9. The summed E-state index contributed by atoms with van der Waals surface area (Å²) in [4.78, 5) is 23.2. The summed E-state index contributed by atoms with van der Waals surface area (Å²) in [5.74, 6) is -1.65. The third-order valence-electron chi connectivity index (χ3n) is 3.65. The Hall–Kier alpha value is -1.75. The first-order valence-electron chi connectivity index (χ1n) is 7.15. The molecular formula is C16H20ClNO4. The fourth-order valence-corrected chi connectivity index (χ4v) is 2.79. The molecule has 3 unspecified atom stereocenters. The van der Waals surface area contributed by atoms with Gasteiger partial charge in [0.1, 0.15) is 5.60 Å². The summed E-state index contributed by atoms with van der Waals surface area (Å²) in [6, 6.07) is 6.78. The van der Waals surface area contributed by atoms with Crippen LogP contribution in [-0.2, 0) is 9.53 Å². The van der Waals surface area contributed by atoms with Gasteiger partial charge in [0.2, 0.25) is 0 Å². The molecule has 0 saturated heterocycles. The molecule has 1 aromatic rings. The van der Waals surface area contributed by atoms with E-state index in [-0.39, 0.29) is 12.0 Å². The fraction of sp³-hybridized carbons (Fsp3) is 0.500. The Labute approximate surface area is 134 Å². The quantitative estimate of drug-likeness (QED) is 0.892. The number of ether oxygens (including phenoxy) is 1. The van der Waals surface area contributed by atoms with Gasteiger partial charge in [-0.2, -0.15) is 0 Å². The molecule has 6 heteroatoms. The molecular weight excluding hydrogens is 306 g/mol. The molecule has 0 radical (unpaired) electrons. The summed E-state index contributed by atoms with van der Waals surface area (Å²) in [5, 5.41) is 12.6. The number of carbonyl (C=O) groups is 2. The van der Waals surface area contributed by atoms with Crippen LogP contribution >= 0.6 is 11.6 Å². The van der Waals surface area contributed by atoms with E-state index in [0.717, 1.165) is 5.56 Å². The molecule has 2 N–H and O–H groups in total. The lowest BCUT2D eigenvalue weighted by atomic mass is 9.66. The standard InChI is InChI=1S/C16H20ClNO4/c1-16(2,3)22-15(21)18-12-8-11(14(19)20)13(12)9-4-6-10(17)7-5-9/h4-7,11-13H,8H2,1-3H3,(H,18,21)(H,19,20). The Kier molecular flexibility index (Phi) is 4.66. The second-order valence-corrected chi connectivity index (χ2v) is 6.95. The number of hydrogen-bond acceptors (Lipinski definition) is 3. The van der Waals surface area contributed by atoms with Crippen LogP contribution in [0.25, 0.3) is 0 Å². The van der Waals surface area contributed by atoms with Crippen molar-refractivity contribution in [3.05, 3.63) is 34.9 Å². The second-order valence-electron chi connectivity index (χ2n) is 6.51. The number of carboxylic acid groups (broad SMARTS) is 1. The fourth-order valence-electron chi connectivity index (χ4n) is 2.66. The van der Waals surface area contributed by atoms with Gasteiger partial charge in [-0.3, -0.25) is 4.79 Å². The van der Waals surface area contributed by atoms with Gasteiger partial charge in [-0.05, 0) is 44.9 Å². The van der Waals surface area contributed by atoms with Crippen molar-refractivity contribution in [3.8, 4) is 0 Å². The molecule has 1 amide bonds. The molecule has 5 nitrogen and oxygen atoms in total. The van der Waals surface area contributed by atoms with Gasteiger partial charge in [0.25, 0.3) is 0 Å². The van der Waals surface area contributed by atoms with Gasteiger partial charge in [0, 0.05) is 17.0 Å². The molecule has 1 aromatic carbocycles. The monoisotopic (exact) mass is 325 g/mol. The van der Waals surface area contributed by atoms with E-state index in [0.29, 0.717) is 11.4 Å². The lowest BCUT2D eigenvalue weighted by Gasteiger charge is -2.43. The van der Waals surface area contributed by atoms with Crippen molar-refractivity contribution in [2.75, 3.05) is 0 Å². The first-order valence-corrected chi connectivity index (χ1v) is 7.53. The van der Waals surface area contributed by atoms with Gasteiger partial charge in [0.15, 0.2) is 0 Å². The van der Waals surface area contributed by atoms with Gasteiger partial charge in [-0.1, -0.05) is 23.7 Å². The Balaban J connectivity index is 2.10. The number of amides is 1. The number of benzene rings is 1. The van der Waals surface area contributed by atoms with Crippen LogP contribution in [0.4, 0.5) is 4.79 Å². The van der Waals surface area contributed by atoms with Crippen molar-refractivity contribution in [3.63, 3.8) is 0 Å². The number of carbonyl (C=O) groups excluding carboxylic acids is 1. The van der Waals surface area contributed by atoms with Crippen LogP contribution in [0.2, 0.25) is 5.02 Å². The molecule has 1 aliphatic rings. The molecule has 0 spiro atoms. The van der Waals surface area contributed by atoms with E-state index in [1.54, 1.807) is 45.0 Å². The summed E-state index contributed by atoms with van der Waals surface area (Å²) in [7, 11) is 0. The third kappa shape index (κ3) is 3.91. The minimum Gasteiger partial charge on any atom is -0.481 e. The van der Waals surface area contributed by atoms with E-state index in [1.165, 1.54) is 0 Å². The third-order valence-corrected chi connectivity index (χ3v) is 3.90. The highest BCUT2D eigenvalue weighted by atomic mass is 35.5. The predicted octanol–water partition coefficient (Wildman–Crippen LogP) is 3.42. The first-order chi connectivity index (χ1) is 10.2. The van der Waals surface area contributed by atoms with Crippen molar-refractivity contribution in [2.45, 2.75) is 44.8 Å². The summed E-state index contributed by atoms with van der Waals surface area (Å²) in [5.41, 5.74) is 0.264. The molecule has 0 aliphatic heterocycles. The van der Waals surface area contributed by atoms with Crippen LogP contribution in [-0.4, -0.2) is 28.8 Å². The lowest BCUT2D eigenvalue weighted by molar-refractivity contribution is -0.146. The number of carboxylic acids is 1. The minimum absolute atomic E-state index is 0.253. The topological polar surface area (TPSA) is 75.6 Å². The molecule has 1 fully saturated rings. The van der Waals surface area contributed by atoms with Crippen molar-refractivity contribution >= 4 is 23.7 Å². The van der Waals surface area contributed by atoms with E-state index in [1.807, 2.05) is 0 Å². The van der Waals surface area contributed by atoms with Gasteiger partial charge in [0.05, 0.1) is 5.92 Å². The number of hydrogen-bond donors (Lipinski definition) is 2. The highest BCUT2D eigenvalue weighted by Crippen LogP contribution is 2.43. The SMILES string of the molecule is CC(C)(C)OC(=O)NC1CC(C(=O)O)C1c1ccc(Cl)cc1. The summed E-state index contributed by atoms with van der Waals surface area (Å²) in [6.45, 7) is 5.35. The molecule has 0 heterocycles. The van der Waals surface area contributed by atoms with Crippen LogP contribution in [0.3, 0.4) is 0 Å². The van der Waals surface area contributed by atoms with Gasteiger partial charge in [-0.15, -0.1) is 0 Å². The van der Waals surface area contributed by atoms with E-state index in [9.17, 15) is 14.7 Å². The molecule has 1 aliphatic carbocycles. The van der Waals surface area contributed by atoms with Gasteiger partial charge >= 0.3 is 12.1 Å². The average Bonchev–Trinajstić information content (AvgIpc) is 2.34. The van der Waals surface area contributed by atoms with Crippen LogP contribution in [0.15, 0.2) is 24.3 Å². The molecule has 120 valence electrons. The molecule has 3 atom stereocenters. The predicted molar refractivity (Wildman–Crippen MR) is 83.1 cm³/mol. The summed E-state index contributed by atoms with van der Waals surface area (Å²) < 4.78 is 5.22. The number of aliphatic carboxylic acids is 1. The summed E-state index contributed by atoms with van der Waals surface area (Å²) in [6.07, 6.45) is -0.137. The maximum Gasteiger partial charge on any atom is 0.407 e. The maximum absolute atomic E-state index is 11.9. The Morgan fingerprint density at radius 2 is 1.86 bits per heavy atom. The van der Waals surface area contributed by atoms with Crippen molar-refractivity contribution in [1.29, 1.82) is 0 Å². The highest BCUT2D eigenvalue weighted by Gasteiger charge is 2.47. The molecule has 1 saturated carbocycles. The largest absolute Gasteiger partial charge is 0.481 e. The number of halogens is 1. The van der Waals surface area contributed by atoms with E-state index < -0.39 is 23.6 Å². The van der Waals surface area contributed by atoms with Crippen LogP contribution in [0.1, 0.15) is 38.7 Å². The Morgan fingerprint density at radius 1 is 1.27 bits per heavy atom. The van der Waals surface area contributed by atoms with E-state index in [4.69, 9.17) is 16.3 Å². The van der Waals surface area contributed by atoms with E-state index >= 15 is 0 Å². The van der Waals surface area contributed by atoms with Gasteiger partial charge in [-0.25, -0.2) is 4.79 Å². The Bertz CT molecular complexity index is 565. The van der Waals surface area contributed by atoms with E-state index in [2.05, 4.69) is 5.32 Å². The van der Waals surface area contributed by atoms with Gasteiger partial charge < -0.3 is 15.2 Å². The smallest absolute Gasteiger partial charge is 0.407 e. The highest BCUT2D eigenvalue weighted by molar-refractivity contribution is 6.30. The molecule has 0 aromatic heterocycles. The van der Waals surface area contributed by atoms with Crippen LogP contribution in [0.5, 0.6) is 0 Å². The zero-order valence-electron chi connectivity index (χ0n) is 12.8. The average molecular weight is 326 g/mol. The van der Waals surface area contributed by atoms with Crippen molar-refractivity contribution in [2.24, 2.45) is 5.92 Å². The molecule has 2 rings (SSSR count).